The van der Waals surface area contributed by atoms with E-state index in [0.717, 1.165) is 17.5 Å². The second kappa shape index (κ2) is 4.46. The SMILES string of the molecule is Cc1cccc(C2C(=O)NC(=O)CC23CCOC3)c1. The van der Waals surface area contributed by atoms with E-state index in [2.05, 4.69) is 5.32 Å². The van der Waals surface area contributed by atoms with Crippen molar-refractivity contribution >= 4 is 11.8 Å². The molecule has 2 fully saturated rings. The van der Waals surface area contributed by atoms with Crippen LogP contribution in [0, 0.1) is 12.3 Å². The van der Waals surface area contributed by atoms with Crippen LogP contribution < -0.4 is 5.32 Å². The molecule has 2 unspecified atom stereocenters. The molecule has 0 bridgehead atoms. The van der Waals surface area contributed by atoms with Crippen LogP contribution in [0.5, 0.6) is 0 Å². The van der Waals surface area contributed by atoms with Crippen LogP contribution in [0.2, 0.25) is 0 Å². The Morgan fingerprint density at radius 2 is 2.21 bits per heavy atom. The number of aryl methyl sites for hydroxylation is 1. The highest BCUT2D eigenvalue weighted by molar-refractivity contribution is 6.02. The van der Waals surface area contributed by atoms with Gasteiger partial charge in [-0.3, -0.25) is 14.9 Å². The van der Waals surface area contributed by atoms with Crippen LogP contribution in [0.15, 0.2) is 24.3 Å². The lowest BCUT2D eigenvalue weighted by Crippen LogP contribution is -2.51. The Hall–Kier alpha value is -1.68. The van der Waals surface area contributed by atoms with Gasteiger partial charge in [-0.2, -0.15) is 0 Å². The first-order valence-electron chi connectivity index (χ1n) is 6.59. The highest BCUT2D eigenvalue weighted by atomic mass is 16.5. The van der Waals surface area contributed by atoms with Crippen LogP contribution in [0.1, 0.15) is 29.9 Å². The molecule has 0 saturated carbocycles. The number of hydrogen-bond acceptors (Lipinski definition) is 3. The minimum Gasteiger partial charge on any atom is -0.381 e. The molecule has 4 nitrogen and oxygen atoms in total. The molecule has 1 N–H and O–H groups in total. The summed E-state index contributed by atoms with van der Waals surface area (Å²) in [6.45, 7) is 3.13. The molecule has 3 rings (SSSR count). The van der Waals surface area contributed by atoms with Crippen molar-refractivity contribution in [1.29, 1.82) is 0 Å². The number of imide groups is 1. The number of ether oxygens (including phenoxy) is 1. The Bertz CT molecular complexity index is 532. The van der Waals surface area contributed by atoms with Gasteiger partial charge < -0.3 is 4.74 Å². The molecule has 2 saturated heterocycles. The van der Waals surface area contributed by atoms with Crippen molar-refractivity contribution in [1.82, 2.24) is 5.32 Å². The summed E-state index contributed by atoms with van der Waals surface area (Å²) in [5.41, 5.74) is 1.75. The number of carbonyl (C=O) groups excluding carboxylic acids is 2. The molecule has 100 valence electrons. The Morgan fingerprint density at radius 1 is 1.37 bits per heavy atom. The number of carbonyl (C=O) groups is 2. The lowest BCUT2D eigenvalue weighted by Gasteiger charge is -2.38. The zero-order valence-electron chi connectivity index (χ0n) is 10.9. The topological polar surface area (TPSA) is 55.4 Å². The molecule has 2 heterocycles. The summed E-state index contributed by atoms with van der Waals surface area (Å²) in [4.78, 5) is 24.0. The molecule has 1 aromatic carbocycles. The summed E-state index contributed by atoms with van der Waals surface area (Å²) >= 11 is 0. The predicted octanol–water partition coefficient (Wildman–Crippen LogP) is 1.53. The first kappa shape index (κ1) is 12.4. The van der Waals surface area contributed by atoms with E-state index in [1.54, 1.807) is 0 Å². The number of nitrogens with one attached hydrogen (secondary N) is 1. The fourth-order valence-electron chi connectivity index (χ4n) is 3.30. The van der Waals surface area contributed by atoms with Crippen LogP contribution in [0.4, 0.5) is 0 Å². The van der Waals surface area contributed by atoms with E-state index >= 15 is 0 Å². The van der Waals surface area contributed by atoms with Crippen molar-refractivity contribution in [2.45, 2.75) is 25.7 Å². The number of piperidine rings is 1. The minimum absolute atomic E-state index is 0.181. The zero-order chi connectivity index (χ0) is 13.5. The molecule has 0 radical (unpaired) electrons. The van der Waals surface area contributed by atoms with Gasteiger partial charge in [0.15, 0.2) is 0 Å². The summed E-state index contributed by atoms with van der Waals surface area (Å²) in [6, 6.07) is 7.96. The second-order valence-electron chi connectivity index (χ2n) is 5.60. The smallest absolute Gasteiger partial charge is 0.234 e. The van der Waals surface area contributed by atoms with Crippen LogP contribution in [-0.2, 0) is 14.3 Å². The van der Waals surface area contributed by atoms with Crippen molar-refractivity contribution < 1.29 is 14.3 Å². The molecular formula is C15H17NO3. The highest BCUT2D eigenvalue weighted by Gasteiger charge is 2.51. The normalized spacial score (nSPS) is 30.7. The van der Waals surface area contributed by atoms with Gasteiger partial charge >= 0.3 is 0 Å². The Morgan fingerprint density at radius 3 is 2.89 bits per heavy atom. The Labute approximate surface area is 112 Å². The fourth-order valence-corrected chi connectivity index (χ4v) is 3.30. The van der Waals surface area contributed by atoms with Crippen molar-refractivity contribution in [3.05, 3.63) is 35.4 Å². The minimum atomic E-state index is -0.354. The lowest BCUT2D eigenvalue weighted by atomic mass is 9.66. The van der Waals surface area contributed by atoms with Gasteiger partial charge in [-0.05, 0) is 18.9 Å². The molecule has 0 aromatic heterocycles. The van der Waals surface area contributed by atoms with E-state index < -0.39 is 0 Å². The maximum absolute atomic E-state index is 12.3. The van der Waals surface area contributed by atoms with Gasteiger partial charge in [0, 0.05) is 18.4 Å². The molecule has 2 atom stereocenters. The van der Waals surface area contributed by atoms with E-state index in [1.165, 1.54) is 0 Å². The quantitative estimate of drug-likeness (QED) is 0.778. The van der Waals surface area contributed by atoms with E-state index in [-0.39, 0.29) is 23.1 Å². The van der Waals surface area contributed by atoms with Crippen molar-refractivity contribution in [3.63, 3.8) is 0 Å². The molecule has 2 aliphatic heterocycles. The average Bonchev–Trinajstić information content (AvgIpc) is 2.76. The number of benzene rings is 1. The van der Waals surface area contributed by atoms with E-state index in [4.69, 9.17) is 4.74 Å². The summed E-state index contributed by atoms with van der Waals surface area (Å²) < 4.78 is 5.48. The molecule has 4 heteroatoms. The third-order valence-corrected chi connectivity index (χ3v) is 4.16. The first-order valence-corrected chi connectivity index (χ1v) is 6.59. The van der Waals surface area contributed by atoms with Gasteiger partial charge in [0.2, 0.25) is 11.8 Å². The monoisotopic (exact) mass is 259 g/mol. The number of hydrogen-bond donors (Lipinski definition) is 1. The van der Waals surface area contributed by atoms with Gasteiger partial charge in [-0.25, -0.2) is 0 Å². The standard InChI is InChI=1S/C15H17NO3/c1-10-3-2-4-11(7-10)13-14(18)16-12(17)8-15(13)5-6-19-9-15/h2-4,7,13H,5-6,8-9H2,1H3,(H,16,17,18). The molecular weight excluding hydrogens is 242 g/mol. The maximum Gasteiger partial charge on any atom is 0.234 e. The second-order valence-corrected chi connectivity index (χ2v) is 5.60. The highest BCUT2D eigenvalue weighted by Crippen LogP contribution is 2.47. The van der Waals surface area contributed by atoms with E-state index in [9.17, 15) is 9.59 Å². The van der Waals surface area contributed by atoms with E-state index in [1.807, 2.05) is 31.2 Å². The fraction of sp³-hybridized carbons (Fsp3) is 0.467. The Kier molecular flexibility index (Phi) is 2.90. The lowest BCUT2D eigenvalue weighted by molar-refractivity contribution is -0.140. The van der Waals surface area contributed by atoms with Crippen LogP contribution in [-0.4, -0.2) is 25.0 Å². The van der Waals surface area contributed by atoms with E-state index in [0.29, 0.717) is 19.6 Å². The zero-order valence-corrected chi connectivity index (χ0v) is 10.9. The summed E-state index contributed by atoms with van der Waals surface area (Å²) in [5.74, 6) is -0.653. The molecule has 19 heavy (non-hydrogen) atoms. The molecule has 1 aromatic rings. The largest absolute Gasteiger partial charge is 0.381 e. The van der Waals surface area contributed by atoms with Crippen LogP contribution in [0.25, 0.3) is 0 Å². The molecule has 1 spiro atoms. The summed E-state index contributed by atoms with van der Waals surface area (Å²) in [6.07, 6.45) is 1.14. The van der Waals surface area contributed by atoms with Gasteiger partial charge in [0.1, 0.15) is 0 Å². The van der Waals surface area contributed by atoms with Crippen molar-refractivity contribution in [2.24, 2.45) is 5.41 Å². The summed E-state index contributed by atoms with van der Waals surface area (Å²) in [7, 11) is 0. The molecule has 0 aliphatic carbocycles. The van der Waals surface area contributed by atoms with Gasteiger partial charge in [-0.1, -0.05) is 29.8 Å². The third kappa shape index (κ3) is 2.06. The van der Waals surface area contributed by atoms with Crippen LogP contribution in [0.3, 0.4) is 0 Å². The first-order chi connectivity index (χ1) is 9.11. The average molecular weight is 259 g/mol. The predicted molar refractivity (Wildman–Crippen MR) is 69.6 cm³/mol. The third-order valence-electron chi connectivity index (χ3n) is 4.16. The number of rotatable bonds is 1. The van der Waals surface area contributed by atoms with Crippen LogP contribution >= 0.6 is 0 Å². The number of amides is 2. The molecule has 2 aliphatic rings. The maximum atomic E-state index is 12.3. The van der Waals surface area contributed by atoms with Crippen molar-refractivity contribution in [3.8, 4) is 0 Å². The Balaban J connectivity index is 2.05. The molecule has 2 amide bonds. The van der Waals surface area contributed by atoms with Crippen molar-refractivity contribution in [2.75, 3.05) is 13.2 Å². The van der Waals surface area contributed by atoms with Gasteiger partial charge in [0.05, 0.1) is 12.5 Å². The van der Waals surface area contributed by atoms with Gasteiger partial charge in [-0.15, -0.1) is 0 Å². The van der Waals surface area contributed by atoms with Gasteiger partial charge in [0.25, 0.3) is 0 Å². The summed E-state index contributed by atoms with van der Waals surface area (Å²) in [5, 5.41) is 2.47.